The number of piperidine rings is 1. The zero-order valence-corrected chi connectivity index (χ0v) is 20.4. The molecule has 2 saturated heterocycles. The van der Waals surface area contributed by atoms with Crippen LogP contribution in [0.5, 0.6) is 0 Å². The van der Waals surface area contributed by atoms with Gasteiger partial charge in [-0.05, 0) is 49.3 Å². The Bertz CT molecular complexity index is 1040. The van der Waals surface area contributed by atoms with Gasteiger partial charge in [-0.2, -0.15) is 0 Å². The summed E-state index contributed by atoms with van der Waals surface area (Å²) < 4.78 is 0.766. The number of nitrogens with zero attached hydrogens (tertiary/aromatic N) is 4. The molecule has 1 aromatic carbocycles. The number of aromatic nitrogens is 2. The molecule has 0 spiro atoms. The minimum absolute atomic E-state index is 0.0936. The number of halogens is 1. The summed E-state index contributed by atoms with van der Waals surface area (Å²) in [7, 11) is 0. The Kier molecular flexibility index (Phi) is 7.07. The van der Waals surface area contributed by atoms with Crippen molar-refractivity contribution in [3.8, 4) is 0 Å². The maximum Gasteiger partial charge on any atom is 0.274 e. The van der Waals surface area contributed by atoms with Gasteiger partial charge in [0.05, 0.1) is 17.4 Å². The minimum Gasteiger partial charge on any atom is -0.338 e. The number of benzene rings is 1. The number of carbonyl (C=O) groups is 3. The van der Waals surface area contributed by atoms with E-state index in [1.165, 1.54) is 23.5 Å². The van der Waals surface area contributed by atoms with Crippen molar-refractivity contribution in [1.82, 2.24) is 19.8 Å². The van der Waals surface area contributed by atoms with Gasteiger partial charge in [0.2, 0.25) is 5.91 Å². The van der Waals surface area contributed by atoms with Crippen molar-refractivity contribution >= 4 is 39.3 Å². The van der Waals surface area contributed by atoms with Crippen LogP contribution in [0.25, 0.3) is 0 Å². The smallest absolute Gasteiger partial charge is 0.274 e. The van der Waals surface area contributed by atoms with Gasteiger partial charge in [-0.1, -0.05) is 29.8 Å². The van der Waals surface area contributed by atoms with Crippen LogP contribution in [-0.2, 0) is 4.79 Å². The van der Waals surface area contributed by atoms with Crippen LogP contribution in [0.15, 0.2) is 41.3 Å². The third-order valence-electron chi connectivity index (χ3n) is 6.22. The maximum absolute atomic E-state index is 13.4. The van der Waals surface area contributed by atoms with Gasteiger partial charge in [-0.25, -0.2) is 4.98 Å². The van der Waals surface area contributed by atoms with Crippen LogP contribution in [0.4, 0.5) is 5.69 Å². The van der Waals surface area contributed by atoms with E-state index in [2.05, 4.69) is 45.1 Å². The van der Waals surface area contributed by atoms with Crippen molar-refractivity contribution in [1.29, 1.82) is 0 Å². The van der Waals surface area contributed by atoms with Crippen molar-refractivity contribution < 1.29 is 14.4 Å². The Morgan fingerprint density at radius 1 is 1.09 bits per heavy atom. The first-order valence-electron chi connectivity index (χ1n) is 11.3. The summed E-state index contributed by atoms with van der Waals surface area (Å²) in [6.45, 7) is 6.19. The molecule has 0 bridgehead atoms. The molecule has 3 amide bonds. The van der Waals surface area contributed by atoms with Gasteiger partial charge in [-0.3, -0.25) is 19.4 Å². The highest BCUT2D eigenvalue weighted by molar-refractivity contribution is 9.10. The fraction of sp³-hybridized carbons (Fsp3) is 0.458. The van der Waals surface area contributed by atoms with Crippen molar-refractivity contribution in [2.24, 2.45) is 11.8 Å². The second-order valence-electron chi connectivity index (χ2n) is 9.08. The predicted molar refractivity (Wildman–Crippen MR) is 128 cm³/mol. The van der Waals surface area contributed by atoms with Crippen LogP contribution >= 0.6 is 15.9 Å². The van der Waals surface area contributed by atoms with Crippen molar-refractivity contribution in [2.75, 3.05) is 25.0 Å². The topological polar surface area (TPSA) is 95.5 Å². The fourth-order valence-corrected chi connectivity index (χ4v) is 5.22. The molecule has 33 heavy (non-hydrogen) atoms. The molecule has 8 nitrogen and oxygen atoms in total. The van der Waals surface area contributed by atoms with E-state index in [0.29, 0.717) is 49.1 Å². The van der Waals surface area contributed by atoms with E-state index in [4.69, 9.17) is 0 Å². The highest BCUT2D eigenvalue weighted by Crippen LogP contribution is 2.28. The van der Waals surface area contributed by atoms with Gasteiger partial charge in [-0.15, -0.1) is 0 Å². The summed E-state index contributed by atoms with van der Waals surface area (Å²) in [5.41, 5.74) is 1.12. The molecule has 0 saturated carbocycles. The SMILES string of the molecule is C[C@@H]1C[C@H](C)CN(C(=O)c2cc(Br)ccc2NC(=O)[C@@H]2CCCN2C(=O)c2cnccn2)C1. The van der Waals surface area contributed by atoms with Gasteiger partial charge in [0.1, 0.15) is 11.7 Å². The van der Waals surface area contributed by atoms with Gasteiger partial charge in [0.25, 0.3) is 11.8 Å². The summed E-state index contributed by atoms with van der Waals surface area (Å²) in [6.07, 6.45) is 6.74. The fourth-order valence-electron chi connectivity index (χ4n) is 4.86. The molecule has 2 aliphatic heterocycles. The van der Waals surface area contributed by atoms with Crippen LogP contribution in [0.1, 0.15) is 54.0 Å². The van der Waals surface area contributed by atoms with Crippen LogP contribution < -0.4 is 5.32 Å². The average molecular weight is 514 g/mol. The zero-order chi connectivity index (χ0) is 23.5. The summed E-state index contributed by atoms with van der Waals surface area (Å²) >= 11 is 3.45. The summed E-state index contributed by atoms with van der Waals surface area (Å²) in [6, 6.07) is 4.65. The molecule has 9 heteroatoms. The van der Waals surface area contributed by atoms with Crippen molar-refractivity contribution in [2.45, 2.75) is 39.2 Å². The quantitative estimate of drug-likeness (QED) is 0.673. The number of likely N-dealkylation sites (tertiary alicyclic amines) is 2. The van der Waals surface area contributed by atoms with Crippen molar-refractivity contribution in [3.05, 3.63) is 52.5 Å². The monoisotopic (exact) mass is 513 g/mol. The lowest BCUT2D eigenvalue weighted by Gasteiger charge is -2.35. The van der Waals surface area contributed by atoms with E-state index in [9.17, 15) is 14.4 Å². The summed E-state index contributed by atoms with van der Waals surface area (Å²) in [4.78, 5) is 50.9. The number of rotatable bonds is 4. The molecule has 0 radical (unpaired) electrons. The van der Waals surface area contributed by atoms with E-state index >= 15 is 0 Å². The molecular weight excluding hydrogens is 486 g/mol. The summed E-state index contributed by atoms with van der Waals surface area (Å²) in [5.74, 6) is 0.152. The Hall–Kier alpha value is -2.81. The zero-order valence-electron chi connectivity index (χ0n) is 18.8. The molecular formula is C24H28BrN5O3. The van der Waals surface area contributed by atoms with Gasteiger partial charge in [0.15, 0.2) is 0 Å². The molecule has 2 fully saturated rings. The molecule has 1 N–H and O–H groups in total. The Morgan fingerprint density at radius 3 is 2.55 bits per heavy atom. The third-order valence-corrected chi connectivity index (χ3v) is 6.72. The lowest BCUT2D eigenvalue weighted by atomic mass is 9.91. The molecule has 2 aromatic rings. The number of nitrogens with one attached hydrogen (secondary N) is 1. The Labute approximate surface area is 201 Å². The van der Waals surface area contributed by atoms with Crippen molar-refractivity contribution in [3.63, 3.8) is 0 Å². The second-order valence-corrected chi connectivity index (χ2v) is 10.00. The Morgan fingerprint density at radius 2 is 1.85 bits per heavy atom. The van der Waals surface area contributed by atoms with E-state index < -0.39 is 6.04 Å². The first-order valence-corrected chi connectivity index (χ1v) is 12.1. The molecule has 3 heterocycles. The molecule has 0 aliphatic carbocycles. The summed E-state index contributed by atoms with van der Waals surface area (Å²) in [5, 5.41) is 2.92. The van der Waals surface area contributed by atoms with E-state index in [-0.39, 0.29) is 23.4 Å². The third kappa shape index (κ3) is 5.24. The highest BCUT2D eigenvalue weighted by atomic mass is 79.9. The van der Waals surface area contributed by atoms with Crippen LogP contribution in [0.3, 0.4) is 0 Å². The van der Waals surface area contributed by atoms with Gasteiger partial charge >= 0.3 is 0 Å². The molecule has 4 rings (SSSR count). The van der Waals surface area contributed by atoms with Crippen LogP contribution in [-0.4, -0.2) is 63.2 Å². The normalized spacial score (nSPS) is 22.8. The molecule has 2 aliphatic rings. The van der Waals surface area contributed by atoms with Gasteiger partial charge in [0, 0.05) is 36.5 Å². The molecule has 174 valence electrons. The predicted octanol–water partition coefficient (Wildman–Crippen LogP) is 3.60. The first kappa shape index (κ1) is 23.4. The van der Waals surface area contributed by atoms with Crippen LogP contribution in [0.2, 0.25) is 0 Å². The van der Waals surface area contributed by atoms with Crippen LogP contribution in [0, 0.1) is 11.8 Å². The Balaban J connectivity index is 1.53. The standard InChI is InChI=1S/C24H28BrN5O3/c1-15-10-16(2)14-29(13-15)23(32)18-11-17(25)5-6-19(18)28-22(31)21-4-3-9-30(21)24(33)20-12-26-7-8-27-20/h5-8,11-12,15-16,21H,3-4,9-10,13-14H2,1-2H3,(H,28,31)/t15-,16+,21-/m0/s1. The first-order chi connectivity index (χ1) is 15.8. The van der Waals surface area contributed by atoms with Gasteiger partial charge < -0.3 is 15.1 Å². The second kappa shape index (κ2) is 9.99. The highest BCUT2D eigenvalue weighted by Gasteiger charge is 2.36. The van der Waals surface area contributed by atoms with E-state index in [0.717, 1.165) is 17.3 Å². The largest absolute Gasteiger partial charge is 0.338 e. The average Bonchev–Trinajstić information content (AvgIpc) is 3.29. The minimum atomic E-state index is -0.624. The number of amides is 3. The van der Waals surface area contributed by atoms with E-state index in [1.54, 1.807) is 18.2 Å². The lowest BCUT2D eigenvalue weighted by Crippen LogP contribution is -2.44. The number of hydrogen-bond acceptors (Lipinski definition) is 5. The van der Waals surface area contributed by atoms with E-state index in [1.807, 2.05) is 4.90 Å². The number of hydrogen-bond donors (Lipinski definition) is 1. The molecule has 0 unspecified atom stereocenters. The lowest BCUT2D eigenvalue weighted by molar-refractivity contribution is -0.119. The maximum atomic E-state index is 13.4. The number of carbonyl (C=O) groups excluding carboxylic acids is 3. The number of anilines is 1. The molecule has 3 atom stereocenters. The molecule has 1 aromatic heterocycles.